The van der Waals surface area contributed by atoms with Gasteiger partial charge in [0, 0.05) is 37.3 Å². The molecule has 1 saturated heterocycles. The van der Waals surface area contributed by atoms with E-state index in [1.165, 1.54) is 0 Å². The van der Waals surface area contributed by atoms with Gasteiger partial charge in [0.05, 0.1) is 13.2 Å². The Bertz CT molecular complexity index is 709. The van der Waals surface area contributed by atoms with Crippen LogP contribution in [-0.2, 0) is 11.3 Å². The largest absolute Gasteiger partial charge is 0.494 e. The van der Waals surface area contributed by atoms with Crippen LogP contribution in [0.4, 0.5) is 0 Å². The van der Waals surface area contributed by atoms with Gasteiger partial charge in [-0.15, -0.1) is 11.3 Å². The minimum absolute atomic E-state index is 0.0311. The lowest BCUT2D eigenvalue weighted by atomic mass is 10.3. The van der Waals surface area contributed by atoms with Gasteiger partial charge in [-0.05, 0) is 38.1 Å². The molecule has 0 atom stereocenters. The zero-order chi connectivity index (χ0) is 18.4. The van der Waals surface area contributed by atoms with Crippen molar-refractivity contribution in [2.24, 2.45) is 0 Å². The van der Waals surface area contributed by atoms with Gasteiger partial charge in [0.1, 0.15) is 16.5 Å². The predicted molar refractivity (Wildman–Crippen MR) is 102 cm³/mol. The molecule has 0 aliphatic carbocycles. The molecule has 1 aliphatic heterocycles. The summed E-state index contributed by atoms with van der Waals surface area (Å²) < 4.78 is 11.0. The summed E-state index contributed by atoms with van der Waals surface area (Å²) in [6.45, 7) is 8.73. The number of amides is 1. The second-order valence-corrected chi connectivity index (χ2v) is 7.18. The number of benzene rings is 1. The number of piperazine rings is 1. The fraction of sp³-hybridized carbons (Fsp3) is 0.474. The summed E-state index contributed by atoms with van der Waals surface area (Å²) >= 11 is 1.70. The molecule has 0 N–H and O–H groups in total. The van der Waals surface area contributed by atoms with Crippen molar-refractivity contribution >= 4 is 17.2 Å². The number of thiazole rings is 1. The van der Waals surface area contributed by atoms with Gasteiger partial charge in [-0.2, -0.15) is 0 Å². The van der Waals surface area contributed by atoms with Gasteiger partial charge in [-0.25, -0.2) is 4.98 Å². The minimum atomic E-state index is 0.0311. The smallest absolute Gasteiger partial charge is 0.260 e. The van der Waals surface area contributed by atoms with Crippen LogP contribution in [0.5, 0.6) is 11.5 Å². The number of nitrogens with zero attached hydrogens (tertiary/aromatic N) is 3. The van der Waals surface area contributed by atoms with Crippen molar-refractivity contribution in [3.8, 4) is 11.5 Å². The molecule has 0 bridgehead atoms. The fourth-order valence-electron chi connectivity index (χ4n) is 2.86. The third-order valence-corrected chi connectivity index (χ3v) is 5.20. The van der Waals surface area contributed by atoms with Crippen molar-refractivity contribution < 1.29 is 14.3 Å². The molecule has 6 nitrogen and oxygen atoms in total. The summed E-state index contributed by atoms with van der Waals surface area (Å²) in [4.78, 5) is 21.1. The van der Waals surface area contributed by atoms with Crippen LogP contribution in [0.25, 0.3) is 0 Å². The lowest BCUT2D eigenvalue weighted by Gasteiger charge is -2.34. The van der Waals surface area contributed by atoms with Gasteiger partial charge in [0.25, 0.3) is 5.91 Å². The fourth-order valence-corrected chi connectivity index (χ4v) is 3.67. The summed E-state index contributed by atoms with van der Waals surface area (Å²) in [6.07, 6.45) is 0. The Morgan fingerprint density at radius 2 is 1.77 bits per heavy atom. The molecule has 1 aromatic heterocycles. The summed E-state index contributed by atoms with van der Waals surface area (Å²) in [6, 6.07) is 7.35. The first-order valence-corrected chi connectivity index (χ1v) is 9.79. The first kappa shape index (κ1) is 18.7. The van der Waals surface area contributed by atoms with Crippen molar-refractivity contribution in [3.05, 3.63) is 40.3 Å². The monoisotopic (exact) mass is 375 g/mol. The van der Waals surface area contributed by atoms with E-state index < -0.39 is 0 Å². The molecule has 1 aliphatic rings. The number of ether oxygens (including phenoxy) is 2. The van der Waals surface area contributed by atoms with Gasteiger partial charge >= 0.3 is 0 Å². The second-order valence-electron chi connectivity index (χ2n) is 6.23. The molecule has 1 aromatic carbocycles. The Kier molecular flexibility index (Phi) is 6.46. The summed E-state index contributed by atoms with van der Waals surface area (Å²) in [7, 11) is 0. The standard InChI is InChI=1S/C19H25N3O3S/c1-3-24-16-4-6-17(7-5-16)25-13-19(23)22-10-8-21(9-11-22)12-18-20-15(2)14-26-18/h4-7,14H,3,8-13H2,1-2H3. The number of carbonyl (C=O) groups excluding carboxylic acids is 1. The summed E-state index contributed by atoms with van der Waals surface area (Å²) in [5.41, 5.74) is 1.07. The summed E-state index contributed by atoms with van der Waals surface area (Å²) in [5.74, 6) is 1.51. The minimum Gasteiger partial charge on any atom is -0.494 e. The maximum atomic E-state index is 12.4. The van der Waals surface area contributed by atoms with Gasteiger partial charge in [-0.1, -0.05) is 0 Å². The van der Waals surface area contributed by atoms with Crippen LogP contribution < -0.4 is 9.47 Å². The van der Waals surface area contributed by atoms with Gasteiger partial charge in [0.15, 0.2) is 6.61 Å². The van der Waals surface area contributed by atoms with Crippen molar-refractivity contribution in [1.29, 1.82) is 0 Å². The zero-order valence-corrected chi connectivity index (χ0v) is 16.1. The molecule has 1 amide bonds. The van der Waals surface area contributed by atoms with Gasteiger partial charge < -0.3 is 14.4 Å². The van der Waals surface area contributed by atoms with Crippen molar-refractivity contribution in [1.82, 2.24) is 14.8 Å². The zero-order valence-electron chi connectivity index (χ0n) is 15.3. The van der Waals surface area contributed by atoms with Crippen molar-refractivity contribution in [2.75, 3.05) is 39.4 Å². The molecule has 0 radical (unpaired) electrons. The highest BCUT2D eigenvalue weighted by Gasteiger charge is 2.22. The van der Waals surface area contributed by atoms with E-state index in [0.29, 0.717) is 12.4 Å². The third-order valence-electron chi connectivity index (χ3n) is 4.25. The van der Waals surface area contributed by atoms with Crippen LogP contribution in [0.15, 0.2) is 29.6 Å². The van der Waals surface area contributed by atoms with Crippen LogP contribution in [0.2, 0.25) is 0 Å². The Hall–Kier alpha value is -2.12. The Morgan fingerprint density at radius 1 is 1.12 bits per heavy atom. The normalized spacial score (nSPS) is 15.1. The first-order valence-electron chi connectivity index (χ1n) is 8.91. The number of aryl methyl sites for hydroxylation is 1. The SMILES string of the molecule is CCOc1ccc(OCC(=O)N2CCN(Cc3nc(C)cs3)CC2)cc1. The Labute approximate surface area is 158 Å². The molecule has 1 fully saturated rings. The molecular weight excluding hydrogens is 350 g/mol. The van der Waals surface area contributed by atoms with Gasteiger partial charge in [-0.3, -0.25) is 9.69 Å². The molecule has 2 heterocycles. The quantitative estimate of drug-likeness (QED) is 0.744. The molecule has 0 saturated carbocycles. The maximum absolute atomic E-state index is 12.4. The summed E-state index contributed by atoms with van der Waals surface area (Å²) in [5, 5.41) is 3.22. The number of rotatable bonds is 7. The molecule has 2 aromatic rings. The highest BCUT2D eigenvalue weighted by atomic mass is 32.1. The van der Waals surface area contributed by atoms with Crippen LogP contribution in [0.3, 0.4) is 0 Å². The van der Waals surface area contributed by atoms with Crippen LogP contribution >= 0.6 is 11.3 Å². The Morgan fingerprint density at radius 3 is 2.35 bits per heavy atom. The average Bonchev–Trinajstić information content (AvgIpc) is 3.06. The average molecular weight is 375 g/mol. The van der Waals surface area contributed by atoms with E-state index in [1.54, 1.807) is 11.3 Å². The van der Waals surface area contributed by atoms with Crippen LogP contribution in [0, 0.1) is 6.92 Å². The molecule has 140 valence electrons. The molecule has 26 heavy (non-hydrogen) atoms. The van der Waals surface area contributed by atoms with Crippen molar-refractivity contribution in [3.63, 3.8) is 0 Å². The van der Waals surface area contributed by atoms with Crippen LogP contribution in [0.1, 0.15) is 17.6 Å². The maximum Gasteiger partial charge on any atom is 0.260 e. The highest BCUT2D eigenvalue weighted by Crippen LogP contribution is 2.18. The van der Waals surface area contributed by atoms with E-state index in [2.05, 4.69) is 15.3 Å². The number of carbonyl (C=O) groups is 1. The first-order chi connectivity index (χ1) is 12.6. The van der Waals surface area contributed by atoms with Crippen LogP contribution in [-0.4, -0.2) is 60.1 Å². The number of aromatic nitrogens is 1. The Balaban J connectivity index is 1.40. The van der Waals surface area contributed by atoms with E-state index in [1.807, 2.05) is 43.0 Å². The molecule has 0 spiro atoms. The number of hydrogen-bond donors (Lipinski definition) is 0. The second kappa shape index (κ2) is 9.00. The predicted octanol–water partition coefficient (Wildman–Crippen LogP) is 2.57. The van der Waals surface area contributed by atoms with E-state index in [9.17, 15) is 4.79 Å². The lowest BCUT2D eigenvalue weighted by molar-refractivity contribution is -0.135. The molecule has 7 heteroatoms. The van der Waals surface area contributed by atoms with E-state index in [0.717, 1.165) is 49.2 Å². The molecule has 3 rings (SSSR count). The van der Waals surface area contributed by atoms with E-state index in [-0.39, 0.29) is 12.5 Å². The van der Waals surface area contributed by atoms with Gasteiger partial charge in [0.2, 0.25) is 0 Å². The number of hydrogen-bond acceptors (Lipinski definition) is 6. The third kappa shape index (κ3) is 5.19. The molecular formula is C19H25N3O3S. The highest BCUT2D eigenvalue weighted by molar-refractivity contribution is 7.09. The van der Waals surface area contributed by atoms with Crippen molar-refractivity contribution in [2.45, 2.75) is 20.4 Å². The van der Waals surface area contributed by atoms with E-state index >= 15 is 0 Å². The molecule has 0 unspecified atom stereocenters. The topological polar surface area (TPSA) is 54.9 Å². The lowest BCUT2D eigenvalue weighted by Crippen LogP contribution is -2.49. The van der Waals surface area contributed by atoms with E-state index in [4.69, 9.17) is 9.47 Å².